The molecule has 0 atom stereocenters. The lowest BCUT2D eigenvalue weighted by Crippen LogP contribution is -2.25. The fourth-order valence-corrected chi connectivity index (χ4v) is 2.02. The summed E-state index contributed by atoms with van der Waals surface area (Å²) in [4.78, 5) is 22.8. The Labute approximate surface area is 118 Å². The van der Waals surface area contributed by atoms with Crippen LogP contribution in [-0.4, -0.2) is 24.1 Å². The van der Waals surface area contributed by atoms with Crippen LogP contribution in [0, 0.1) is 12.3 Å². The van der Waals surface area contributed by atoms with Crippen molar-refractivity contribution in [2.75, 3.05) is 12.4 Å². The van der Waals surface area contributed by atoms with Crippen LogP contribution in [0.25, 0.3) is 0 Å². The second-order valence-corrected chi connectivity index (χ2v) is 5.66. The second-order valence-electron chi connectivity index (χ2n) is 5.66. The number of ether oxygens (including phenoxy) is 1. The summed E-state index contributed by atoms with van der Waals surface area (Å²) in [5.74, 6) is -0.545. The number of hydrogen-bond donors (Lipinski definition) is 2. The topological polar surface area (TPSA) is 75.6 Å². The molecule has 5 nitrogen and oxygen atoms in total. The van der Waals surface area contributed by atoms with Gasteiger partial charge in [-0.25, -0.2) is 0 Å². The van der Waals surface area contributed by atoms with Crippen LogP contribution in [0.15, 0.2) is 18.2 Å². The highest BCUT2D eigenvalue weighted by molar-refractivity contribution is 5.93. The van der Waals surface area contributed by atoms with E-state index in [1.54, 1.807) is 19.9 Å². The van der Waals surface area contributed by atoms with E-state index in [1.165, 1.54) is 7.11 Å². The van der Waals surface area contributed by atoms with Gasteiger partial charge >= 0.3 is 5.97 Å². The van der Waals surface area contributed by atoms with E-state index in [-0.39, 0.29) is 18.7 Å². The van der Waals surface area contributed by atoms with Crippen LogP contribution >= 0.6 is 0 Å². The van der Waals surface area contributed by atoms with Gasteiger partial charge in [-0.15, -0.1) is 0 Å². The number of carboxylic acid groups (broad SMARTS) is 1. The van der Waals surface area contributed by atoms with Gasteiger partial charge in [0.15, 0.2) is 0 Å². The summed E-state index contributed by atoms with van der Waals surface area (Å²) in [7, 11) is 1.54. The van der Waals surface area contributed by atoms with E-state index >= 15 is 0 Å². The van der Waals surface area contributed by atoms with Gasteiger partial charge in [0.1, 0.15) is 5.75 Å². The fourth-order valence-electron chi connectivity index (χ4n) is 2.02. The zero-order chi connectivity index (χ0) is 15.3. The van der Waals surface area contributed by atoms with Gasteiger partial charge in [0.25, 0.3) is 0 Å². The molecule has 0 bridgehead atoms. The maximum absolute atomic E-state index is 12.0. The van der Waals surface area contributed by atoms with E-state index < -0.39 is 11.4 Å². The van der Waals surface area contributed by atoms with E-state index in [9.17, 15) is 9.59 Å². The van der Waals surface area contributed by atoms with Gasteiger partial charge in [-0.05, 0) is 30.0 Å². The molecule has 0 fully saturated rings. The van der Waals surface area contributed by atoms with Gasteiger partial charge in [0.2, 0.25) is 5.91 Å². The van der Waals surface area contributed by atoms with Crippen molar-refractivity contribution in [1.29, 1.82) is 0 Å². The minimum absolute atomic E-state index is 0.0502. The summed E-state index contributed by atoms with van der Waals surface area (Å²) < 4.78 is 5.19. The first-order valence-electron chi connectivity index (χ1n) is 6.40. The average molecular weight is 279 g/mol. The third-order valence-corrected chi connectivity index (χ3v) is 2.90. The Balaban J connectivity index is 2.76. The Morgan fingerprint density at radius 1 is 1.30 bits per heavy atom. The standard InChI is InChI=1S/C15H21NO4/c1-10-5-6-12(20-4)11(7-10)16-13(17)8-15(2,3)9-14(18)19/h5-7H,8-9H2,1-4H3,(H,16,17)(H,18,19). The molecule has 1 aromatic rings. The Kier molecular flexibility index (Phi) is 5.13. The molecule has 1 amide bonds. The number of aryl methyl sites for hydroxylation is 1. The quantitative estimate of drug-likeness (QED) is 0.839. The molecule has 1 rings (SSSR count). The molecule has 20 heavy (non-hydrogen) atoms. The summed E-state index contributed by atoms with van der Waals surface area (Å²) in [6.07, 6.45) is 0.0851. The van der Waals surface area contributed by atoms with Crippen molar-refractivity contribution in [2.24, 2.45) is 5.41 Å². The van der Waals surface area contributed by atoms with Crippen molar-refractivity contribution in [2.45, 2.75) is 33.6 Å². The zero-order valence-corrected chi connectivity index (χ0v) is 12.3. The Bertz CT molecular complexity index is 509. The van der Waals surface area contributed by atoms with Crippen molar-refractivity contribution in [3.63, 3.8) is 0 Å². The maximum Gasteiger partial charge on any atom is 0.303 e. The van der Waals surface area contributed by atoms with Crippen LogP contribution < -0.4 is 10.1 Å². The normalized spacial score (nSPS) is 11.0. The predicted molar refractivity (Wildman–Crippen MR) is 77.0 cm³/mol. The highest BCUT2D eigenvalue weighted by Crippen LogP contribution is 2.28. The van der Waals surface area contributed by atoms with Crippen LogP contribution in [0.5, 0.6) is 5.75 Å². The van der Waals surface area contributed by atoms with Crippen LogP contribution in [0.3, 0.4) is 0 Å². The van der Waals surface area contributed by atoms with E-state index in [2.05, 4.69) is 5.32 Å². The van der Waals surface area contributed by atoms with Crippen molar-refractivity contribution >= 4 is 17.6 Å². The van der Waals surface area contributed by atoms with Crippen molar-refractivity contribution < 1.29 is 19.4 Å². The second kappa shape index (κ2) is 6.41. The molecule has 110 valence electrons. The number of carbonyl (C=O) groups excluding carboxylic acids is 1. The molecule has 0 aliphatic carbocycles. The lowest BCUT2D eigenvalue weighted by Gasteiger charge is -2.22. The number of benzene rings is 1. The van der Waals surface area contributed by atoms with Gasteiger partial charge in [0, 0.05) is 6.42 Å². The molecular weight excluding hydrogens is 258 g/mol. The SMILES string of the molecule is COc1ccc(C)cc1NC(=O)CC(C)(C)CC(=O)O. The van der Waals surface area contributed by atoms with Gasteiger partial charge in [-0.3, -0.25) is 9.59 Å². The van der Waals surface area contributed by atoms with E-state index in [0.29, 0.717) is 11.4 Å². The molecule has 0 aromatic heterocycles. The summed E-state index contributed by atoms with van der Waals surface area (Å²) in [6, 6.07) is 5.50. The molecule has 0 aliphatic heterocycles. The van der Waals surface area contributed by atoms with Gasteiger partial charge in [-0.2, -0.15) is 0 Å². The number of methoxy groups -OCH3 is 1. The monoisotopic (exact) mass is 279 g/mol. The van der Waals surface area contributed by atoms with Gasteiger partial charge in [0.05, 0.1) is 19.2 Å². The molecule has 5 heteroatoms. The first-order valence-corrected chi connectivity index (χ1v) is 6.40. The molecule has 0 aliphatic rings. The summed E-state index contributed by atoms with van der Waals surface area (Å²) in [6.45, 7) is 5.44. The highest BCUT2D eigenvalue weighted by atomic mass is 16.5. The lowest BCUT2D eigenvalue weighted by molar-refractivity contribution is -0.139. The number of amides is 1. The van der Waals surface area contributed by atoms with Crippen molar-refractivity contribution in [3.8, 4) is 5.75 Å². The number of anilines is 1. The molecule has 0 saturated heterocycles. The Morgan fingerprint density at radius 2 is 1.95 bits per heavy atom. The maximum atomic E-state index is 12.0. The molecule has 0 saturated carbocycles. The van der Waals surface area contributed by atoms with Crippen molar-refractivity contribution in [1.82, 2.24) is 0 Å². The van der Waals surface area contributed by atoms with Gasteiger partial charge < -0.3 is 15.2 Å². The molecule has 2 N–H and O–H groups in total. The smallest absolute Gasteiger partial charge is 0.303 e. The molecule has 0 unspecified atom stereocenters. The van der Waals surface area contributed by atoms with Crippen LogP contribution in [0.2, 0.25) is 0 Å². The third-order valence-electron chi connectivity index (χ3n) is 2.90. The summed E-state index contributed by atoms with van der Waals surface area (Å²) in [5, 5.41) is 11.6. The number of nitrogens with one attached hydrogen (secondary N) is 1. The summed E-state index contributed by atoms with van der Waals surface area (Å²) in [5.41, 5.74) is 1.02. The molecule has 0 spiro atoms. The van der Waals surface area contributed by atoms with Crippen LogP contribution in [0.4, 0.5) is 5.69 Å². The number of aliphatic carboxylic acids is 1. The minimum atomic E-state index is -0.907. The lowest BCUT2D eigenvalue weighted by atomic mass is 9.85. The molecule has 0 radical (unpaired) electrons. The molecule has 0 heterocycles. The number of carboxylic acids is 1. The number of carbonyl (C=O) groups is 2. The molecular formula is C15H21NO4. The highest BCUT2D eigenvalue weighted by Gasteiger charge is 2.25. The predicted octanol–water partition coefficient (Wildman–Crippen LogP) is 2.83. The van der Waals surface area contributed by atoms with Crippen molar-refractivity contribution in [3.05, 3.63) is 23.8 Å². The Morgan fingerprint density at radius 3 is 2.50 bits per heavy atom. The largest absolute Gasteiger partial charge is 0.495 e. The van der Waals surface area contributed by atoms with Crippen LogP contribution in [0.1, 0.15) is 32.3 Å². The molecule has 1 aromatic carbocycles. The summed E-state index contributed by atoms with van der Waals surface area (Å²) >= 11 is 0. The first kappa shape index (κ1) is 16.0. The third kappa shape index (κ3) is 4.91. The average Bonchev–Trinajstić information content (AvgIpc) is 2.26. The number of hydrogen-bond acceptors (Lipinski definition) is 3. The zero-order valence-electron chi connectivity index (χ0n) is 12.3. The number of rotatable bonds is 6. The van der Waals surface area contributed by atoms with Gasteiger partial charge in [-0.1, -0.05) is 19.9 Å². The Hall–Kier alpha value is -2.04. The minimum Gasteiger partial charge on any atom is -0.495 e. The fraction of sp³-hybridized carbons (Fsp3) is 0.467. The van der Waals surface area contributed by atoms with E-state index in [0.717, 1.165) is 5.56 Å². The van der Waals surface area contributed by atoms with E-state index in [4.69, 9.17) is 9.84 Å². The van der Waals surface area contributed by atoms with Crippen LogP contribution in [-0.2, 0) is 9.59 Å². The van der Waals surface area contributed by atoms with E-state index in [1.807, 2.05) is 19.1 Å². The first-order chi connectivity index (χ1) is 9.23.